The number of thiazole rings is 1. The second kappa shape index (κ2) is 10.3. The lowest BCUT2D eigenvalue weighted by atomic mass is 9.68. The molecule has 1 N–H and O–H groups in total. The number of amides is 2. The number of para-hydroxylation sites is 1. The first-order chi connectivity index (χ1) is 21.3. The summed E-state index contributed by atoms with van der Waals surface area (Å²) in [5, 5.41) is 13.2. The number of hydrogen-bond acceptors (Lipinski definition) is 8. The molecule has 3 heterocycles. The van der Waals surface area contributed by atoms with Crippen LogP contribution < -0.4 is 14.5 Å². The van der Waals surface area contributed by atoms with Gasteiger partial charge in [-0.05, 0) is 60.1 Å². The molecule has 44 heavy (non-hydrogen) atoms. The van der Waals surface area contributed by atoms with E-state index in [9.17, 15) is 24.5 Å². The van der Waals surface area contributed by atoms with Gasteiger partial charge in [0, 0.05) is 38.8 Å². The van der Waals surface area contributed by atoms with Crippen LogP contribution in [0.2, 0.25) is 5.02 Å². The molecule has 0 radical (unpaired) electrons. The number of anilines is 1. The van der Waals surface area contributed by atoms with Crippen LogP contribution in [0.3, 0.4) is 0 Å². The van der Waals surface area contributed by atoms with Crippen molar-refractivity contribution in [3.05, 3.63) is 114 Å². The summed E-state index contributed by atoms with van der Waals surface area (Å²) in [7, 11) is 0. The molecule has 0 spiro atoms. The van der Waals surface area contributed by atoms with Crippen molar-refractivity contribution in [1.82, 2.24) is 4.98 Å². The van der Waals surface area contributed by atoms with E-state index >= 15 is 0 Å². The molecule has 2 aliphatic heterocycles. The number of imide groups is 1. The normalized spacial score (nSPS) is 28.1. The number of nitro groups is 1. The third-order valence-corrected chi connectivity index (χ3v) is 12.4. The summed E-state index contributed by atoms with van der Waals surface area (Å²) in [5.74, 6) is -1.57. The third-order valence-electron chi connectivity index (χ3n) is 9.56. The summed E-state index contributed by atoms with van der Waals surface area (Å²) in [6.45, 7) is 0.187. The molecule has 2 saturated carbocycles. The van der Waals surface area contributed by atoms with Crippen LogP contribution in [-0.4, -0.2) is 27.0 Å². The summed E-state index contributed by atoms with van der Waals surface area (Å²) in [6.07, 6.45) is 0.709. The van der Waals surface area contributed by atoms with Crippen molar-refractivity contribution in [1.29, 1.82) is 0 Å². The number of thioether (sulfide) groups is 1. The minimum atomic E-state index is -0.483. The number of rotatable bonds is 6. The zero-order valence-electron chi connectivity index (χ0n) is 22.9. The molecular weight excluding hydrogens is 622 g/mol. The average molecular weight is 646 g/mol. The fourth-order valence-electron chi connectivity index (χ4n) is 8.01. The fourth-order valence-corrected chi connectivity index (χ4v) is 11.1. The van der Waals surface area contributed by atoms with Gasteiger partial charge in [-0.3, -0.25) is 29.4 Å². The van der Waals surface area contributed by atoms with Gasteiger partial charge in [0.05, 0.1) is 27.5 Å². The molecule has 12 heteroatoms. The van der Waals surface area contributed by atoms with E-state index in [4.69, 9.17) is 16.3 Å². The van der Waals surface area contributed by atoms with Crippen molar-refractivity contribution < 1.29 is 19.2 Å². The Morgan fingerprint density at radius 1 is 0.977 bits per heavy atom. The van der Waals surface area contributed by atoms with Crippen LogP contribution in [-0.2, 0) is 16.2 Å². The zero-order valence-corrected chi connectivity index (χ0v) is 25.3. The molecule has 2 amide bonds. The van der Waals surface area contributed by atoms with E-state index < -0.39 is 22.7 Å². The van der Waals surface area contributed by atoms with Gasteiger partial charge in [-0.2, -0.15) is 0 Å². The van der Waals surface area contributed by atoms with Crippen LogP contribution in [0.5, 0.6) is 5.75 Å². The SMILES string of the molecule is O=C1[C@H]2[C@H]3C[C@@H]([C@@H]2C(=O)N1c1ccccc1)[C@H]1[C@H](c2cc([N+](=O)[O-])ccc2OCc2cccc(Cl)c2)c2sc(=O)[nH]c2S[C@H]31. The summed E-state index contributed by atoms with van der Waals surface area (Å²) >= 11 is 8.85. The molecule has 222 valence electrons. The number of aromatic amines is 1. The minimum Gasteiger partial charge on any atom is -0.489 e. The Hall–Kier alpha value is -3.93. The molecule has 3 aromatic carbocycles. The first-order valence-corrected chi connectivity index (χ1v) is 16.4. The number of halogens is 1. The van der Waals surface area contributed by atoms with E-state index in [1.807, 2.05) is 30.3 Å². The molecule has 0 unspecified atom stereocenters. The highest BCUT2D eigenvalue weighted by atomic mass is 35.5. The Labute approximate surface area is 264 Å². The zero-order chi connectivity index (χ0) is 30.3. The smallest absolute Gasteiger partial charge is 0.305 e. The number of ether oxygens (including phenoxy) is 1. The van der Waals surface area contributed by atoms with Crippen LogP contribution in [0.15, 0.2) is 82.6 Å². The number of fused-ring (bicyclic) bond motifs is 9. The van der Waals surface area contributed by atoms with Gasteiger partial charge in [0.2, 0.25) is 11.8 Å². The van der Waals surface area contributed by atoms with Gasteiger partial charge in [-0.1, -0.05) is 53.3 Å². The van der Waals surface area contributed by atoms with Crippen LogP contribution in [0.4, 0.5) is 11.4 Å². The number of hydrogen-bond donors (Lipinski definition) is 1. The predicted molar refractivity (Wildman–Crippen MR) is 166 cm³/mol. The number of benzene rings is 3. The van der Waals surface area contributed by atoms with E-state index in [1.54, 1.807) is 48.2 Å². The number of carbonyl (C=O) groups is 2. The summed E-state index contributed by atoms with van der Waals surface area (Å²) in [6, 6.07) is 20.9. The summed E-state index contributed by atoms with van der Waals surface area (Å²) in [5.41, 5.74) is 1.93. The monoisotopic (exact) mass is 645 g/mol. The van der Waals surface area contributed by atoms with Gasteiger partial charge in [0.15, 0.2) is 0 Å². The van der Waals surface area contributed by atoms with Gasteiger partial charge in [-0.15, -0.1) is 11.8 Å². The topological polar surface area (TPSA) is 123 Å². The first-order valence-electron chi connectivity index (χ1n) is 14.3. The Morgan fingerprint density at radius 2 is 1.75 bits per heavy atom. The molecule has 7 atom stereocenters. The quantitative estimate of drug-likeness (QED) is 0.149. The third kappa shape index (κ3) is 4.17. The molecule has 4 aromatic rings. The summed E-state index contributed by atoms with van der Waals surface area (Å²) < 4.78 is 6.32. The van der Waals surface area contributed by atoms with Crippen molar-refractivity contribution in [3.8, 4) is 5.75 Å². The van der Waals surface area contributed by atoms with E-state index in [2.05, 4.69) is 4.98 Å². The fraction of sp³-hybridized carbons (Fsp3) is 0.281. The lowest BCUT2D eigenvalue weighted by molar-refractivity contribution is -0.385. The number of H-pyrrole nitrogens is 1. The maximum absolute atomic E-state index is 14.0. The summed E-state index contributed by atoms with van der Waals surface area (Å²) in [4.78, 5) is 56.9. The van der Waals surface area contributed by atoms with Gasteiger partial charge in [-0.25, -0.2) is 0 Å². The Kier molecular flexibility index (Phi) is 6.48. The molecule has 2 bridgehead atoms. The number of carbonyl (C=O) groups excluding carboxylic acids is 2. The van der Waals surface area contributed by atoms with Crippen LogP contribution in [0, 0.1) is 39.7 Å². The van der Waals surface area contributed by atoms with Crippen molar-refractivity contribution in [2.45, 2.75) is 29.2 Å². The largest absolute Gasteiger partial charge is 0.489 e. The van der Waals surface area contributed by atoms with Crippen LogP contribution in [0.1, 0.15) is 28.3 Å². The molecule has 1 aromatic heterocycles. The Balaban J connectivity index is 1.23. The van der Waals surface area contributed by atoms with Gasteiger partial charge < -0.3 is 9.72 Å². The molecule has 1 saturated heterocycles. The van der Waals surface area contributed by atoms with Gasteiger partial charge in [0.1, 0.15) is 12.4 Å². The highest BCUT2D eigenvalue weighted by Gasteiger charge is 2.70. The maximum atomic E-state index is 14.0. The van der Waals surface area contributed by atoms with E-state index in [-0.39, 0.29) is 52.0 Å². The molecule has 8 rings (SSSR count). The second-order valence-electron chi connectivity index (χ2n) is 11.7. The van der Waals surface area contributed by atoms with Crippen molar-refractivity contribution in [2.75, 3.05) is 4.90 Å². The number of aromatic nitrogens is 1. The Morgan fingerprint density at radius 3 is 2.50 bits per heavy atom. The van der Waals surface area contributed by atoms with Crippen LogP contribution in [0.25, 0.3) is 0 Å². The second-order valence-corrected chi connectivity index (χ2v) is 14.3. The highest BCUT2D eigenvalue weighted by Crippen LogP contribution is 2.69. The maximum Gasteiger partial charge on any atom is 0.305 e. The lowest BCUT2D eigenvalue weighted by Gasteiger charge is -2.43. The van der Waals surface area contributed by atoms with Crippen molar-refractivity contribution in [2.24, 2.45) is 29.6 Å². The van der Waals surface area contributed by atoms with E-state index in [0.717, 1.165) is 26.8 Å². The lowest BCUT2D eigenvalue weighted by Crippen LogP contribution is -2.42. The molecular formula is C32H24ClN3O6S2. The number of nitrogens with zero attached hydrogens (tertiary/aromatic N) is 2. The predicted octanol–water partition coefficient (Wildman–Crippen LogP) is 6.25. The number of nitrogens with one attached hydrogen (secondary N) is 1. The minimum absolute atomic E-state index is 0.0588. The van der Waals surface area contributed by atoms with E-state index in [0.29, 0.717) is 28.4 Å². The standard InChI is InChI=1S/C32H24ClN3O6S2/c33-16-6-4-5-15(11-16)14-42-22-10-9-18(36(40)41)12-19(22)23-24-20-13-21(27(24)43-29-28(23)44-32(39)34-29)26-25(20)30(37)35(31(26)38)17-7-2-1-3-8-17/h1-12,20-21,23-27H,13-14H2,(H,34,39)/t20-,21-,23+,24+,25+,26+,27-/m1/s1. The van der Waals surface area contributed by atoms with Crippen LogP contribution >= 0.6 is 34.7 Å². The Bertz CT molecular complexity index is 1910. The number of non-ortho nitro benzene ring substituents is 1. The average Bonchev–Trinajstić information content (AvgIpc) is 3.75. The van der Waals surface area contributed by atoms with Crippen molar-refractivity contribution >= 4 is 57.9 Å². The highest BCUT2D eigenvalue weighted by molar-refractivity contribution is 8.00. The molecule has 9 nitrogen and oxygen atoms in total. The van der Waals surface area contributed by atoms with Gasteiger partial charge >= 0.3 is 4.87 Å². The molecule has 2 aliphatic carbocycles. The molecule has 4 aliphatic rings. The van der Waals surface area contributed by atoms with E-state index in [1.165, 1.54) is 11.0 Å². The van der Waals surface area contributed by atoms with Crippen molar-refractivity contribution in [3.63, 3.8) is 0 Å². The van der Waals surface area contributed by atoms with Gasteiger partial charge in [0.25, 0.3) is 5.69 Å². The first kappa shape index (κ1) is 27.6. The molecule has 3 fully saturated rings. The number of nitro benzene ring substituents is 1.